The Morgan fingerprint density at radius 1 is 1.06 bits per heavy atom. The second kappa shape index (κ2) is 10.6. The van der Waals surface area contributed by atoms with Crippen LogP contribution in [0.1, 0.15) is 59.8 Å². The van der Waals surface area contributed by atoms with Crippen molar-refractivity contribution in [3.05, 3.63) is 88.0 Å². The molecule has 4 bridgehead atoms. The number of para-hydroxylation sites is 1. The molecule has 1 N–H and O–H groups in total. The van der Waals surface area contributed by atoms with Crippen LogP contribution in [0.4, 0.5) is 0 Å². The number of ether oxygens (including phenoxy) is 1. The lowest BCUT2D eigenvalue weighted by atomic mass is 9.97. The molecule has 0 saturated heterocycles. The Hall–Kier alpha value is -4.27. The molecule has 9 heteroatoms. The number of hydrogen-bond donors (Lipinski definition) is 1. The maximum absolute atomic E-state index is 13.2. The molecule has 0 spiro atoms. The summed E-state index contributed by atoms with van der Waals surface area (Å²) in [5, 5.41) is 11.9. The Bertz CT molecular complexity index is 1440. The Kier molecular flexibility index (Phi) is 6.88. The van der Waals surface area contributed by atoms with Gasteiger partial charge in [-0.15, -0.1) is 5.10 Å². The lowest BCUT2D eigenvalue weighted by molar-refractivity contribution is -0.121. The molecule has 1 amide bonds. The molecule has 1 unspecified atom stereocenters. The van der Waals surface area contributed by atoms with Crippen LogP contribution in [0.2, 0.25) is 0 Å². The Labute approximate surface area is 207 Å². The Morgan fingerprint density at radius 2 is 1.89 bits per heavy atom. The number of aromatic nitrogens is 3. The van der Waals surface area contributed by atoms with Crippen molar-refractivity contribution >= 4 is 22.7 Å². The number of rotatable bonds is 3. The second-order valence-electron chi connectivity index (χ2n) is 8.87. The van der Waals surface area contributed by atoms with Gasteiger partial charge in [0, 0.05) is 24.8 Å². The molecule has 0 fully saturated rings. The minimum absolute atomic E-state index is 0.0289. The molecular formula is C27H26N4O5. The van der Waals surface area contributed by atoms with Crippen molar-refractivity contribution in [1.82, 2.24) is 20.3 Å². The predicted octanol–water partition coefficient (Wildman–Crippen LogP) is 3.97. The number of nitrogens with one attached hydrogen (secondary N) is 1. The van der Waals surface area contributed by atoms with Crippen LogP contribution < -0.4 is 15.7 Å². The summed E-state index contributed by atoms with van der Waals surface area (Å²) in [6.07, 6.45) is 4.57. The third kappa shape index (κ3) is 5.51. The second-order valence-corrected chi connectivity index (χ2v) is 8.87. The van der Waals surface area contributed by atoms with Crippen LogP contribution in [0.3, 0.4) is 0 Å². The van der Waals surface area contributed by atoms with Crippen LogP contribution >= 0.6 is 0 Å². The maximum Gasteiger partial charge on any atom is 0.347 e. The van der Waals surface area contributed by atoms with Gasteiger partial charge in [-0.2, -0.15) is 0 Å². The molecule has 0 saturated carbocycles. The molecule has 36 heavy (non-hydrogen) atoms. The third-order valence-electron chi connectivity index (χ3n) is 6.21. The first-order valence-electron chi connectivity index (χ1n) is 12.0. The summed E-state index contributed by atoms with van der Waals surface area (Å²) in [6.45, 7) is 1.00. The van der Waals surface area contributed by atoms with Crippen LogP contribution in [-0.2, 0) is 17.9 Å². The smallest absolute Gasteiger partial charge is 0.347 e. The number of fused-ring (bicyclic) bond motifs is 11. The minimum Gasteiger partial charge on any atom is -0.487 e. The van der Waals surface area contributed by atoms with Crippen molar-refractivity contribution in [2.75, 3.05) is 0 Å². The number of hydrogen-bond acceptors (Lipinski definition) is 7. The summed E-state index contributed by atoms with van der Waals surface area (Å²) in [5.74, 6) is 0.0867. The molecule has 2 aliphatic rings. The Morgan fingerprint density at radius 3 is 2.75 bits per heavy atom. The first-order valence-corrected chi connectivity index (χ1v) is 12.0. The van der Waals surface area contributed by atoms with Gasteiger partial charge in [0.2, 0.25) is 5.91 Å². The van der Waals surface area contributed by atoms with E-state index in [1.807, 2.05) is 24.4 Å². The molecular weight excluding hydrogens is 460 g/mol. The van der Waals surface area contributed by atoms with E-state index in [0.717, 1.165) is 24.1 Å². The molecule has 9 nitrogen and oxygen atoms in total. The zero-order valence-electron chi connectivity index (χ0n) is 19.7. The number of nitrogens with zero attached hydrogens (tertiary/aromatic N) is 3. The number of Topliss-reactive ketones (excluding diaryl/α,β-unsaturated/α-hetero) is 1. The maximum atomic E-state index is 13.2. The highest BCUT2D eigenvalue weighted by Gasteiger charge is 2.22. The van der Waals surface area contributed by atoms with Crippen LogP contribution in [0.5, 0.6) is 5.75 Å². The number of benzene rings is 2. The summed E-state index contributed by atoms with van der Waals surface area (Å²) in [6, 6.07) is 15.2. The average molecular weight is 487 g/mol. The number of aryl methyl sites for hydroxylation is 1. The van der Waals surface area contributed by atoms with Crippen LogP contribution in [0.15, 0.2) is 70.0 Å². The van der Waals surface area contributed by atoms with Crippen molar-refractivity contribution in [1.29, 1.82) is 0 Å². The summed E-state index contributed by atoms with van der Waals surface area (Å²) >= 11 is 0. The van der Waals surface area contributed by atoms with Gasteiger partial charge in [-0.3, -0.25) is 14.3 Å². The van der Waals surface area contributed by atoms with Gasteiger partial charge in [-0.1, -0.05) is 42.0 Å². The Balaban J connectivity index is 1.39. The SMILES string of the molecule is O=C1CCCCCn2cc(nn2)COc2ccc(cc2)C(CC(=O)c2cc3ccccc3oc2=O)N1. The van der Waals surface area contributed by atoms with E-state index >= 15 is 0 Å². The lowest BCUT2D eigenvalue weighted by Crippen LogP contribution is -2.31. The van der Waals surface area contributed by atoms with Crippen LogP contribution in [0.25, 0.3) is 11.0 Å². The van der Waals surface area contributed by atoms with Gasteiger partial charge in [-0.25, -0.2) is 4.79 Å². The van der Waals surface area contributed by atoms with Crippen LogP contribution in [0, 0.1) is 0 Å². The monoisotopic (exact) mass is 486 g/mol. The van der Waals surface area contributed by atoms with Gasteiger partial charge in [0.05, 0.1) is 12.2 Å². The van der Waals surface area contributed by atoms with E-state index in [9.17, 15) is 14.4 Å². The average Bonchev–Trinajstić information content (AvgIpc) is 3.34. The molecule has 0 aliphatic carbocycles. The largest absolute Gasteiger partial charge is 0.487 e. The fourth-order valence-corrected chi connectivity index (χ4v) is 4.27. The number of carbonyl (C=O) groups excluding carboxylic acids is 2. The molecule has 1 atom stereocenters. The molecule has 184 valence electrons. The van der Waals surface area contributed by atoms with Gasteiger partial charge in [0.25, 0.3) is 0 Å². The number of ketones is 1. The topological polar surface area (TPSA) is 116 Å². The molecule has 2 aromatic heterocycles. The van der Waals surface area contributed by atoms with E-state index in [2.05, 4.69) is 15.6 Å². The van der Waals surface area contributed by atoms with Crippen LogP contribution in [-0.4, -0.2) is 26.7 Å². The van der Waals surface area contributed by atoms with E-state index < -0.39 is 17.5 Å². The summed E-state index contributed by atoms with van der Waals surface area (Å²) in [7, 11) is 0. The summed E-state index contributed by atoms with van der Waals surface area (Å²) in [4.78, 5) is 38.5. The quantitative estimate of drug-likeness (QED) is 0.344. The molecule has 4 heterocycles. The first kappa shape index (κ1) is 23.5. The van der Waals surface area contributed by atoms with Gasteiger partial charge < -0.3 is 14.5 Å². The summed E-state index contributed by atoms with van der Waals surface area (Å²) in [5.41, 5.74) is 1.18. The fourth-order valence-electron chi connectivity index (χ4n) is 4.27. The molecule has 6 rings (SSSR count). The highest BCUT2D eigenvalue weighted by molar-refractivity contribution is 5.98. The minimum atomic E-state index is -0.686. The van der Waals surface area contributed by atoms with Gasteiger partial charge in [0.15, 0.2) is 5.78 Å². The van der Waals surface area contributed by atoms with Gasteiger partial charge in [-0.05, 0) is 42.7 Å². The standard InChI is InChI=1S/C27H26N4O5/c32-24(22-14-19-6-3-4-7-25(19)36-27(22)34)15-23-18-9-11-21(12-10-18)35-17-20-16-31(30-29-20)13-5-1-2-8-26(33)28-23/h3-4,6-7,9-12,14,16,23H,1-2,5,8,13,15,17H2,(H,28,33). The predicted molar refractivity (Wildman–Crippen MR) is 132 cm³/mol. The van der Waals surface area contributed by atoms with E-state index in [1.54, 1.807) is 41.1 Å². The zero-order chi connectivity index (χ0) is 24.9. The number of amides is 1. The zero-order valence-corrected chi connectivity index (χ0v) is 19.7. The third-order valence-corrected chi connectivity index (χ3v) is 6.21. The van der Waals surface area contributed by atoms with Crippen molar-refractivity contribution in [2.24, 2.45) is 0 Å². The highest BCUT2D eigenvalue weighted by Crippen LogP contribution is 2.24. The molecule has 0 radical (unpaired) electrons. The lowest BCUT2D eigenvalue weighted by Gasteiger charge is -2.19. The van der Waals surface area contributed by atoms with E-state index in [0.29, 0.717) is 36.1 Å². The van der Waals surface area contributed by atoms with Crippen molar-refractivity contribution in [2.45, 2.75) is 51.3 Å². The number of carbonyl (C=O) groups is 2. The van der Waals surface area contributed by atoms with Crippen molar-refractivity contribution in [3.8, 4) is 5.75 Å². The first-order chi connectivity index (χ1) is 17.5. The van der Waals surface area contributed by atoms with E-state index in [-0.39, 0.29) is 24.5 Å². The van der Waals surface area contributed by atoms with Crippen molar-refractivity contribution in [3.63, 3.8) is 0 Å². The summed E-state index contributed by atoms with van der Waals surface area (Å²) < 4.78 is 12.9. The van der Waals surface area contributed by atoms with E-state index in [4.69, 9.17) is 9.15 Å². The van der Waals surface area contributed by atoms with Gasteiger partial charge in [0.1, 0.15) is 29.2 Å². The normalized spacial score (nSPS) is 16.8. The molecule has 4 aromatic rings. The van der Waals surface area contributed by atoms with E-state index in [1.165, 1.54) is 0 Å². The highest BCUT2D eigenvalue weighted by atomic mass is 16.5. The molecule has 2 aliphatic heterocycles. The van der Waals surface area contributed by atoms with Crippen molar-refractivity contribution < 1.29 is 18.7 Å². The fraction of sp³-hybridized carbons (Fsp3) is 0.296. The van der Waals surface area contributed by atoms with Gasteiger partial charge >= 0.3 is 5.63 Å². The molecule has 2 aromatic carbocycles.